The zero-order chi connectivity index (χ0) is 14.4. The Bertz CT molecular complexity index is 440. The zero-order valence-electron chi connectivity index (χ0n) is 10.8. The van der Waals surface area contributed by atoms with Crippen LogP contribution < -0.4 is 10.1 Å². The van der Waals surface area contributed by atoms with E-state index in [0.717, 1.165) is 0 Å². The van der Waals surface area contributed by atoms with Gasteiger partial charge in [-0.05, 0) is 40.0 Å². The fourth-order valence-electron chi connectivity index (χ4n) is 1.41. The highest BCUT2D eigenvalue weighted by molar-refractivity contribution is 9.10. The van der Waals surface area contributed by atoms with Gasteiger partial charge in [0.2, 0.25) is 0 Å². The normalized spacial score (nSPS) is 12.3. The quantitative estimate of drug-likeness (QED) is 0.829. The van der Waals surface area contributed by atoms with Crippen LogP contribution in [-0.2, 0) is 4.79 Å². The number of carbonyl (C=O) groups excluding carboxylic acids is 1. The maximum absolute atomic E-state index is 11.7. The van der Waals surface area contributed by atoms with Crippen LogP contribution in [0.25, 0.3) is 0 Å². The maximum atomic E-state index is 11.7. The first-order valence-corrected chi connectivity index (χ1v) is 7.09. The smallest absolute Gasteiger partial charge is 0.258 e. The van der Waals surface area contributed by atoms with Crippen LogP contribution in [0.1, 0.15) is 13.8 Å². The van der Waals surface area contributed by atoms with Gasteiger partial charge in [0.1, 0.15) is 5.75 Å². The average molecular weight is 351 g/mol. The first-order chi connectivity index (χ1) is 8.93. The second-order valence-electron chi connectivity index (χ2n) is 4.46. The predicted molar refractivity (Wildman–Crippen MR) is 78.5 cm³/mol. The molecule has 6 heteroatoms. The van der Waals surface area contributed by atoms with Gasteiger partial charge in [0.05, 0.1) is 17.1 Å². The van der Waals surface area contributed by atoms with Gasteiger partial charge in [0.15, 0.2) is 6.61 Å². The third-order valence-corrected chi connectivity index (χ3v) is 3.46. The standard InChI is InChI=1S/C13H17BrClNO3/c1-8(2)11(6-17)16-13(18)7-19-12-4-3-9(15)5-10(12)14/h3-5,8,11,17H,6-7H2,1-2H3,(H,16,18). The zero-order valence-corrected chi connectivity index (χ0v) is 13.2. The Hall–Kier alpha value is -0.780. The lowest BCUT2D eigenvalue weighted by atomic mass is 10.1. The Balaban J connectivity index is 2.50. The van der Waals surface area contributed by atoms with E-state index in [0.29, 0.717) is 15.2 Å². The predicted octanol–water partition coefficient (Wildman–Crippen LogP) is 2.61. The number of hydrogen-bond acceptors (Lipinski definition) is 3. The minimum Gasteiger partial charge on any atom is -0.483 e. The van der Waals surface area contributed by atoms with E-state index in [1.54, 1.807) is 18.2 Å². The van der Waals surface area contributed by atoms with Gasteiger partial charge in [-0.1, -0.05) is 25.4 Å². The van der Waals surface area contributed by atoms with Crippen LogP contribution >= 0.6 is 27.5 Å². The van der Waals surface area contributed by atoms with E-state index in [1.165, 1.54) is 0 Å². The molecule has 0 aliphatic rings. The minimum absolute atomic E-state index is 0.0892. The summed E-state index contributed by atoms with van der Waals surface area (Å²) in [6, 6.07) is 4.81. The molecule has 19 heavy (non-hydrogen) atoms. The summed E-state index contributed by atoms with van der Waals surface area (Å²) in [5.41, 5.74) is 0. The van der Waals surface area contributed by atoms with Crippen molar-refractivity contribution in [1.29, 1.82) is 0 Å². The van der Waals surface area contributed by atoms with Crippen molar-refractivity contribution in [2.45, 2.75) is 19.9 Å². The molecule has 1 aromatic carbocycles. The summed E-state index contributed by atoms with van der Waals surface area (Å²) in [6.45, 7) is 3.66. The molecule has 0 radical (unpaired) electrons. The Labute approximate surface area is 126 Å². The fourth-order valence-corrected chi connectivity index (χ4v) is 2.20. The van der Waals surface area contributed by atoms with Crippen LogP contribution in [0, 0.1) is 5.92 Å². The summed E-state index contributed by atoms with van der Waals surface area (Å²) in [4.78, 5) is 11.7. The Morgan fingerprint density at radius 3 is 2.74 bits per heavy atom. The van der Waals surface area contributed by atoms with Crippen molar-refractivity contribution in [3.05, 3.63) is 27.7 Å². The Kier molecular flexibility index (Phi) is 6.62. The third kappa shape index (κ3) is 5.38. The number of hydrogen-bond donors (Lipinski definition) is 2. The van der Waals surface area contributed by atoms with Crippen molar-refractivity contribution < 1.29 is 14.6 Å². The highest BCUT2D eigenvalue weighted by Crippen LogP contribution is 2.27. The van der Waals surface area contributed by atoms with E-state index < -0.39 is 0 Å². The second-order valence-corrected chi connectivity index (χ2v) is 5.75. The van der Waals surface area contributed by atoms with E-state index in [1.807, 2.05) is 13.8 Å². The van der Waals surface area contributed by atoms with Crippen molar-refractivity contribution in [2.75, 3.05) is 13.2 Å². The summed E-state index contributed by atoms with van der Waals surface area (Å²) in [5.74, 6) is 0.440. The van der Waals surface area contributed by atoms with E-state index in [4.69, 9.17) is 21.4 Å². The molecule has 4 nitrogen and oxygen atoms in total. The van der Waals surface area contributed by atoms with Crippen LogP contribution in [0.5, 0.6) is 5.75 Å². The van der Waals surface area contributed by atoms with Gasteiger partial charge in [-0.25, -0.2) is 0 Å². The van der Waals surface area contributed by atoms with E-state index in [2.05, 4.69) is 21.2 Å². The summed E-state index contributed by atoms with van der Waals surface area (Å²) in [6.07, 6.45) is 0. The van der Waals surface area contributed by atoms with Crippen LogP contribution in [0.15, 0.2) is 22.7 Å². The van der Waals surface area contributed by atoms with Gasteiger partial charge < -0.3 is 15.2 Å². The van der Waals surface area contributed by atoms with Crippen molar-refractivity contribution in [2.24, 2.45) is 5.92 Å². The molecule has 0 saturated heterocycles. The molecule has 1 atom stereocenters. The lowest BCUT2D eigenvalue weighted by molar-refractivity contribution is -0.124. The molecule has 0 aliphatic carbocycles. The van der Waals surface area contributed by atoms with E-state index >= 15 is 0 Å². The van der Waals surface area contributed by atoms with Gasteiger partial charge in [0, 0.05) is 5.02 Å². The molecule has 0 fully saturated rings. The lowest BCUT2D eigenvalue weighted by Gasteiger charge is -2.20. The van der Waals surface area contributed by atoms with Crippen molar-refractivity contribution in [3.8, 4) is 5.75 Å². The number of rotatable bonds is 6. The molecule has 1 rings (SSSR count). The summed E-state index contributed by atoms with van der Waals surface area (Å²) in [7, 11) is 0. The van der Waals surface area contributed by atoms with Crippen LogP contribution in [0.3, 0.4) is 0 Å². The second kappa shape index (κ2) is 7.72. The number of ether oxygens (including phenoxy) is 1. The van der Waals surface area contributed by atoms with Gasteiger partial charge in [-0.15, -0.1) is 0 Å². The molecule has 1 aromatic rings. The van der Waals surface area contributed by atoms with Crippen LogP contribution in [0.2, 0.25) is 5.02 Å². The number of nitrogens with one attached hydrogen (secondary N) is 1. The lowest BCUT2D eigenvalue weighted by Crippen LogP contribution is -2.43. The first kappa shape index (κ1) is 16.3. The number of aliphatic hydroxyl groups is 1. The monoisotopic (exact) mass is 349 g/mol. The molecule has 1 unspecified atom stereocenters. The van der Waals surface area contributed by atoms with Gasteiger partial charge in [-0.3, -0.25) is 4.79 Å². The average Bonchev–Trinajstić information content (AvgIpc) is 2.34. The molecule has 0 saturated carbocycles. The number of halogens is 2. The van der Waals surface area contributed by atoms with Crippen molar-refractivity contribution in [3.63, 3.8) is 0 Å². The molecule has 106 valence electrons. The number of aliphatic hydroxyl groups excluding tert-OH is 1. The number of carbonyl (C=O) groups is 1. The van der Waals surface area contributed by atoms with E-state index in [9.17, 15) is 4.79 Å². The Morgan fingerprint density at radius 2 is 2.21 bits per heavy atom. The number of amides is 1. The maximum Gasteiger partial charge on any atom is 0.258 e. The highest BCUT2D eigenvalue weighted by atomic mass is 79.9. The van der Waals surface area contributed by atoms with Crippen molar-refractivity contribution in [1.82, 2.24) is 5.32 Å². The van der Waals surface area contributed by atoms with Crippen LogP contribution in [-0.4, -0.2) is 30.3 Å². The molecule has 0 spiro atoms. The topological polar surface area (TPSA) is 58.6 Å². The first-order valence-electron chi connectivity index (χ1n) is 5.92. The molecule has 1 amide bonds. The largest absolute Gasteiger partial charge is 0.483 e. The molecule has 2 N–H and O–H groups in total. The fraction of sp³-hybridized carbons (Fsp3) is 0.462. The van der Waals surface area contributed by atoms with Crippen LogP contribution in [0.4, 0.5) is 0 Å². The van der Waals surface area contributed by atoms with Gasteiger partial charge in [0.25, 0.3) is 5.91 Å². The molecule has 0 heterocycles. The summed E-state index contributed by atoms with van der Waals surface area (Å²) < 4.78 is 6.07. The molecule has 0 aromatic heterocycles. The van der Waals surface area contributed by atoms with Gasteiger partial charge in [-0.2, -0.15) is 0 Å². The molecular formula is C13H17BrClNO3. The SMILES string of the molecule is CC(C)C(CO)NC(=O)COc1ccc(Cl)cc1Br. The summed E-state index contributed by atoms with van der Waals surface area (Å²) in [5, 5.41) is 12.4. The Morgan fingerprint density at radius 1 is 1.53 bits per heavy atom. The molecule has 0 bridgehead atoms. The molecular weight excluding hydrogens is 334 g/mol. The highest BCUT2D eigenvalue weighted by Gasteiger charge is 2.15. The number of benzene rings is 1. The van der Waals surface area contributed by atoms with Crippen molar-refractivity contribution >= 4 is 33.4 Å². The van der Waals surface area contributed by atoms with Gasteiger partial charge >= 0.3 is 0 Å². The minimum atomic E-state index is -0.269. The van der Waals surface area contributed by atoms with E-state index in [-0.39, 0.29) is 31.1 Å². The summed E-state index contributed by atoms with van der Waals surface area (Å²) >= 11 is 9.11. The molecule has 0 aliphatic heterocycles. The third-order valence-electron chi connectivity index (χ3n) is 2.60.